The van der Waals surface area contributed by atoms with Crippen molar-refractivity contribution < 1.29 is 0 Å². The van der Waals surface area contributed by atoms with Crippen LogP contribution in [0.1, 0.15) is 11.3 Å². The molecule has 17 heavy (non-hydrogen) atoms. The fourth-order valence-corrected chi connectivity index (χ4v) is 2.19. The third-order valence-electron chi connectivity index (χ3n) is 2.68. The van der Waals surface area contributed by atoms with E-state index < -0.39 is 10.9 Å². The van der Waals surface area contributed by atoms with Crippen molar-refractivity contribution in [2.45, 2.75) is 13.8 Å². The van der Waals surface area contributed by atoms with E-state index in [0.29, 0.717) is 11.3 Å². The number of pyridine rings is 1. The van der Waals surface area contributed by atoms with E-state index in [1.165, 1.54) is 6.20 Å². The molecule has 1 aromatic carbocycles. The molecule has 1 N–H and O–H groups in total. The van der Waals surface area contributed by atoms with Crippen molar-refractivity contribution in [3.05, 3.63) is 48.6 Å². The van der Waals surface area contributed by atoms with Crippen LogP contribution < -0.4 is 21.6 Å². The fourth-order valence-electron chi connectivity index (χ4n) is 1.82. The van der Waals surface area contributed by atoms with E-state index in [1.54, 1.807) is 13.8 Å². The van der Waals surface area contributed by atoms with Crippen LogP contribution in [0.15, 0.2) is 19.8 Å². The van der Waals surface area contributed by atoms with Crippen molar-refractivity contribution in [1.29, 1.82) is 5.41 Å². The summed E-state index contributed by atoms with van der Waals surface area (Å²) in [5.41, 5.74) is 0.194. The molecule has 0 amide bonds. The van der Waals surface area contributed by atoms with Gasteiger partial charge >= 0.3 is 104 Å². The molecule has 0 bridgehead atoms. The normalized spacial score (nSPS) is 12.2. The molecular formula is C11H8N3O2Se. The van der Waals surface area contributed by atoms with Gasteiger partial charge < -0.3 is 0 Å². The number of aryl methyl sites for hydroxylation is 2. The molecule has 0 unspecified atom stereocenters. The number of hydrogen-bond donors (Lipinski definition) is 1. The molecule has 1 radical (unpaired) electrons. The van der Waals surface area contributed by atoms with Gasteiger partial charge in [-0.2, -0.15) is 0 Å². The van der Waals surface area contributed by atoms with Crippen LogP contribution in [0.4, 0.5) is 0 Å². The Kier molecular flexibility index (Phi) is 2.77. The van der Waals surface area contributed by atoms with E-state index >= 15 is 0 Å². The minimum absolute atomic E-state index is 0.141. The third-order valence-corrected chi connectivity index (χ3v) is 3.07. The molecule has 1 aromatic heterocycles. The van der Waals surface area contributed by atoms with Crippen molar-refractivity contribution >= 4 is 27.0 Å². The zero-order valence-electron chi connectivity index (χ0n) is 9.20. The zero-order chi connectivity index (χ0) is 12.7. The molecular weight excluding hydrogens is 285 g/mol. The Morgan fingerprint density at radius 2 is 1.88 bits per heavy atom. The Balaban J connectivity index is 3.42. The molecule has 2 rings (SSSR count). The molecule has 0 spiro atoms. The van der Waals surface area contributed by atoms with Crippen LogP contribution in [0.25, 0.3) is 10.8 Å². The number of aromatic nitrogens is 1. The number of rotatable bonds is 0. The first-order chi connectivity index (χ1) is 7.99. The second-order valence-electron chi connectivity index (χ2n) is 3.75. The van der Waals surface area contributed by atoms with Crippen LogP contribution in [0.3, 0.4) is 0 Å². The summed E-state index contributed by atoms with van der Waals surface area (Å²) in [6, 6.07) is 0. The van der Waals surface area contributed by atoms with E-state index in [-0.39, 0.29) is 21.5 Å². The van der Waals surface area contributed by atoms with Crippen LogP contribution in [0.5, 0.6) is 0 Å². The molecule has 2 aromatic rings. The van der Waals surface area contributed by atoms with Crippen LogP contribution in [-0.2, 0) is 0 Å². The van der Waals surface area contributed by atoms with E-state index in [9.17, 15) is 9.59 Å². The Morgan fingerprint density at radius 3 is 2.47 bits per heavy atom. The predicted molar refractivity (Wildman–Crippen MR) is 63.3 cm³/mol. The second kappa shape index (κ2) is 3.98. The number of benzene rings is 1. The monoisotopic (exact) mass is 294 g/mol. The van der Waals surface area contributed by atoms with E-state index in [1.807, 2.05) is 0 Å². The summed E-state index contributed by atoms with van der Waals surface area (Å²) in [6.45, 7) is 3.36. The molecule has 5 nitrogen and oxygen atoms in total. The molecule has 1 heterocycles. The first kappa shape index (κ1) is 11.8. The summed E-state index contributed by atoms with van der Waals surface area (Å²) in [6.07, 6.45) is 1.53. The Morgan fingerprint density at radius 1 is 1.24 bits per heavy atom. The molecule has 85 valence electrons. The second-order valence-corrected chi connectivity index (χ2v) is 4.13. The first-order valence-electron chi connectivity index (χ1n) is 4.83. The standard InChI is InChI=1S/C11H8N3O2Se/c1-4-3-13-5(2)7-6(4)10(15)8(12)9(14-17)11(7)16/h3,12H,1-2H3/b12-8?,14-9+. The maximum atomic E-state index is 12.1. The summed E-state index contributed by atoms with van der Waals surface area (Å²) in [7, 11) is 0. The predicted octanol–water partition coefficient (Wildman–Crippen LogP) is -1.09. The van der Waals surface area contributed by atoms with Gasteiger partial charge in [-0.05, 0) is 0 Å². The van der Waals surface area contributed by atoms with Crippen LogP contribution in [0, 0.1) is 19.3 Å². The molecule has 0 aliphatic carbocycles. The van der Waals surface area contributed by atoms with E-state index in [4.69, 9.17) is 5.41 Å². The topological polar surface area (TPSA) is 83.2 Å². The van der Waals surface area contributed by atoms with Crippen LogP contribution in [0.2, 0.25) is 0 Å². The van der Waals surface area contributed by atoms with Crippen LogP contribution in [-0.4, -0.2) is 21.2 Å². The van der Waals surface area contributed by atoms with Gasteiger partial charge in [-0.15, -0.1) is 0 Å². The molecule has 0 saturated heterocycles. The summed E-state index contributed by atoms with van der Waals surface area (Å²) >= 11 is 2.31. The van der Waals surface area contributed by atoms with E-state index in [0.717, 1.165) is 0 Å². The van der Waals surface area contributed by atoms with Crippen molar-refractivity contribution in [3.8, 4) is 0 Å². The fraction of sp³-hybridized carbons (Fsp3) is 0.182. The molecule has 0 aliphatic heterocycles. The van der Waals surface area contributed by atoms with Crippen LogP contribution >= 0.6 is 0 Å². The van der Waals surface area contributed by atoms with Gasteiger partial charge in [0.2, 0.25) is 0 Å². The van der Waals surface area contributed by atoms with E-state index in [2.05, 4.69) is 25.2 Å². The van der Waals surface area contributed by atoms with Crippen molar-refractivity contribution in [1.82, 2.24) is 4.98 Å². The van der Waals surface area contributed by atoms with Gasteiger partial charge in [0.25, 0.3) is 0 Å². The number of fused-ring (bicyclic) bond motifs is 1. The summed E-state index contributed by atoms with van der Waals surface area (Å²) in [5.74, 6) is 0. The summed E-state index contributed by atoms with van der Waals surface area (Å²) in [5, 5.41) is 7.67. The maximum absolute atomic E-state index is 12.1. The van der Waals surface area contributed by atoms with Gasteiger partial charge in [-0.1, -0.05) is 0 Å². The van der Waals surface area contributed by atoms with Gasteiger partial charge in [0.1, 0.15) is 0 Å². The molecule has 0 aliphatic rings. The molecule has 6 heteroatoms. The van der Waals surface area contributed by atoms with Gasteiger partial charge in [0.15, 0.2) is 0 Å². The average molecular weight is 293 g/mol. The van der Waals surface area contributed by atoms with Crippen molar-refractivity contribution in [2.75, 3.05) is 0 Å². The summed E-state index contributed by atoms with van der Waals surface area (Å²) < 4.78 is 3.60. The van der Waals surface area contributed by atoms with Gasteiger partial charge in [0, 0.05) is 0 Å². The van der Waals surface area contributed by atoms with Gasteiger partial charge in [0.05, 0.1) is 0 Å². The number of hydrogen-bond acceptors (Lipinski definition) is 5. The first-order valence-corrected chi connectivity index (χ1v) is 5.60. The number of nitrogens with zero attached hydrogens (tertiary/aromatic N) is 2. The zero-order valence-corrected chi connectivity index (χ0v) is 10.9. The third kappa shape index (κ3) is 1.57. The van der Waals surface area contributed by atoms with Crippen molar-refractivity contribution in [3.63, 3.8) is 0 Å². The quantitative estimate of drug-likeness (QED) is 0.627. The SMILES string of the molecule is Cc1cnc(C)c2c(=O)/c(=N/[Se])c(=N)c(=O)c12. The Hall–Kier alpha value is -1.65. The Labute approximate surface area is 104 Å². The average Bonchev–Trinajstić information content (AvgIpc) is 2.30. The molecule has 0 atom stereocenters. The number of nitrogens with one attached hydrogen (secondary N) is 1. The Bertz CT molecular complexity index is 833. The minimum atomic E-state index is -0.475. The molecule has 0 fully saturated rings. The van der Waals surface area contributed by atoms with Gasteiger partial charge in [-0.25, -0.2) is 0 Å². The summed E-state index contributed by atoms with van der Waals surface area (Å²) in [4.78, 5) is 28.2. The van der Waals surface area contributed by atoms with Crippen molar-refractivity contribution in [2.24, 2.45) is 4.01 Å². The molecule has 0 saturated carbocycles. The van der Waals surface area contributed by atoms with Gasteiger partial charge in [-0.3, -0.25) is 0 Å².